The number of hydrogen-bond acceptors (Lipinski definition) is 5. The first-order valence-corrected chi connectivity index (χ1v) is 6.02. The first kappa shape index (κ1) is 14.1. The summed E-state index contributed by atoms with van der Waals surface area (Å²) in [7, 11) is 1.45. The second-order valence-electron chi connectivity index (χ2n) is 4.61. The van der Waals surface area contributed by atoms with Gasteiger partial charge in [0.15, 0.2) is 0 Å². The molecule has 1 aliphatic heterocycles. The number of aromatic hydroxyl groups is 2. The number of benzene rings is 1. The highest BCUT2D eigenvalue weighted by molar-refractivity contribution is 5.99. The molecule has 7 heteroatoms. The van der Waals surface area contributed by atoms with E-state index >= 15 is 0 Å². The fourth-order valence-electron chi connectivity index (χ4n) is 2.28. The van der Waals surface area contributed by atoms with Crippen LogP contribution in [0.15, 0.2) is 18.2 Å². The van der Waals surface area contributed by atoms with Crippen molar-refractivity contribution in [2.45, 2.75) is 18.6 Å². The zero-order valence-corrected chi connectivity index (χ0v) is 10.8. The minimum atomic E-state index is -1.13. The summed E-state index contributed by atoms with van der Waals surface area (Å²) in [5, 5.41) is 28.2. The largest absolute Gasteiger partial charge is 0.508 e. The maximum absolute atomic E-state index is 12.3. The molecule has 1 aromatic carbocycles. The van der Waals surface area contributed by atoms with E-state index in [0.717, 1.165) is 11.0 Å². The maximum atomic E-state index is 12.3. The normalized spacial score (nSPS) is 21.9. The van der Waals surface area contributed by atoms with Crippen molar-refractivity contribution in [1.82, 2.24) is 4.90 Å². The van der Waals surface area contributed by atoms with Crippen LogP contribution in [-0.4, -0.2) is 57.9 Å². The first-order chi connectivity index (χ1) is 9.43. The molecule has 1 amide bonds. The number of nitrogens with zero attached hydrogens (tertiary/aromatic N) is 1. The summed E-state index contributed by atoms with van der Waals surface area (Å²) in [4.78, 5) is 24.7. The summed E-state index contributed by atoms with van der Waals surface area (Å²) in [6, 6.07) is 2.52. The van der Waals surface area contributed by atoms with Crippen molar-refractivity contribution >= 4 is 11.9 Å². The van der Waals surface area contributed by atoms with Crippen LogP contribution in [0.4, 0.5) is 0 Å². The Labute approximate surface area is 115 Å². The van der Waals surface area contributed by atoms with Crippen molar-refractivity contribution in [3.05, 3.63) is 23.8 Å². The van der Waals surface area contributed by atoms with Gasteiger partial charge in [0.05, 0.1) is 11.7 Å². The Balaban J connectivity index is 2.31. The van der Waals surface area contributed by atoms with Crippen LogP contribution in [0.2, 0.25) is 0 Å². The molecule has 1 aromatic rings. The number of carboxylic acid groups (broad SMARTS) is 1. The second kappa shape index (κ2) is 5.38. The van der Waals surface area contributed by atoms with E-state index in [1.165, 1.54) is 19.2 Å². The average molecular weight is 281 g/mol. The third-order valence-corrected chi connectivity index (χ3v) is 3.35. The molecule has 2 unspecified atom stereocenters. The number of phenolic OH excluding ortho intramolecular Hbond substituents is 2. The monoisotopic (exact) mass is 281 g/mol. The summed E-state index contributed by atoms with van der Waals surface area (Å²) >= 11 is 0. The van der Waals surface area contributed by atoms with Gasteiger partial charge in [-0.25, -0.2) is 4.79 Å². The predicted octanol–water partition coefficient (Wildman–Crippen LogP) is 0.412. The number of likely N-dealkylation sites (tertiary alicyclic amines) is 1. The number of ether oxygens (including phenoxy) is 1. The molecule has 1 saturated heterocycles. The van der Waals surface area contributed by atoms with Gasteiger partial charge in [0.25, 0.3) is 5.91 Å². The molecule has 108 valence electrons. The zero-order chi connectivity index (χ0) is 14.9. The second-order valence-corrected chi connectivity index (χ2v) is 4.61. The number of rotatable bonds is 3. The number of carbonyl (C=O) groups is 2. The van der Waals surface area contributed by atoms with E-state index in [4.69, 9.17) is 9.84 Å². The summed E-state index contributed by atoms with van der Waals surface area (Å²) in [5.74, 6) is -2.26. The third-order valence-electron chi connectivity index (χ3n) is 3.35. The molecule has 0 radical (unpaired) electrons. The molecule has 1 aliphatic rings. The van der Waals surface area contributed by atoms with Crippen molar-refractivity contribution in [3.63, 3.8) is 0 Å². The van der Waals surface area contributed by atoms with Gasteiger partial charge in [-0.1, -0.05) is 0 Å². The number of hydrogen-bond donors (Lipinski definition) is 3. The molecule has 2 rings (SSSR count). The minimum absolute atomic E-state index is 0.126. The average Bonchev–Trinajstić information content (AvgIpc) is 2.85. The SMILES string of the molecule is COC1CC(C(=O)O)N(C(=O)c2cc(O)ccc2O)C1. The van der Waals surface area contributed by atoms with Gasteiger partial charge in [-0.3, -0.25) is 4.79 Å². The van der Waals surface area contributed by atoms with Crippen molar-refractivity contribution in [3.8, 4) is 11.5 Å². The molecule has 1 fully saturated rings. The first-order valence-electron chi connectivity index (χ1n) is 6.02. The lowest BCUT2D eigenvalue weighted by atomic mass is 10.1. The van der Waals surface area contributed by atoms with Crippen molar-refractivity contribution in [1.29, 1.82) is 0 Å². The molecule has 0 spiro atoms. The van der Waals surface area contributed by atoms with Gasteiger partial charge >= 0.3 is 5.97 Å². The van der Waals surface area contributed by atoms with Gasteiger partial charge in [-0.2, -0.15) is 0 Å². The van der Waals surface area contributed by atoms with Crippen LogP contribution in [0.3, 0.4) is 0 Å². The highest BCUT2D eigenvalue weighted by Gasteiger charge is 2.40. The Morgan fingerprint density at radius 1 is 1.35 bits per heavy atom. The van der Waals surface area contributed by atoms with E-state index in [1.807, 2.05) is 0 Å². The fraction of sp³-hybridized carbons (Fsp3) is 0.385. The topological polar surface area (TPSA) is 107 Å². The van der Waals surface area contributed by atoms with E-state index < -0.39 is 17.9 Å². The molecule has 20 heavy (non-hydrogen) atoms. The van der Waals surface area contributed by atoms with E-state index in [-0.39, 0.29) is 36.1 Å². The van der Waals surface area contributed by atoms with Gasteiger partial charge in [-0.05, 0) is 18.2 Å². The van der Waals surface area contributed by atoms with Crippen molar-refractivity contribution < 1.29 is 29.6 Å². The van der Waals surface area contributed by atoms with E-state index in [9.17, 15) is 19.8 Å². The van der Waals surface area contributed by atoms with Crippen LogP contribution in [-0.2, 0) is 9.53 Å². The van der Waals surface area contributed by atoms with Crippen LogP contribution in [0.25, 0.3) is 0 Å². The van der Waals surface area contributed by atoms with Gasteiger partial charge < -0.3 is 25.0 Å². The van der Waals surface area contributed by atoms with Crippen LogP contribution < -0.4 is 0 Å². The standard InChI is InChI=1S/C13H15NO6/c1-20-8-5-10(13(18)19)14(6-8)12(17)9-4-7(15)2-3-11(9)16/h2-4,8,10,15-16H,5-6H2,1H3,(H,18,19). The van der Waals surface area contributed by atoms with Crippen LogP contribution >= 0.6 is 0 Å². The highest BCUT2D eigenvalue weighted by Crippen LogP contribution is 2.28. The van der Waals surface area contributed by atoms with Crippen molar-refractivity contribution in [2.75, 3.05) is 13.7 Å². The highest BCUT2D eigenvalue weighted by atomic mass is 16.5. The number of methoxy groups -OCH3 is 1. The van der Waals surface area contributed by atoms with Crippen LogP contribution in [0, 0.1) is 0 Å². The number of carbonyl (C=O) groups excluding carboxylic acids is 1. The van der Waals surface area contributed by atoms with Crippen LogP contribution in [0.1, 0.15) is 16.8 Å². The number of amides is 1. The Bertz CT molecular complexity index is 544. The molecular formula is C13H15NO6. The molecule has 0 aromatic heterocycles. The molecule has 1 heterocycles. The summed E-state index contributed by atoms with van der Waals surface area (Å²) in [6.45, 7) is 0.126. The van der Waals surface area contributed by atoms with Gasteiger partial charge in [0.2, 0.25) is 0 Å². The molecule has 3 N–H and O–H groups in total. The summed E-state index contributed by atoms with van der Waals surface area (Å²) in [5.41, 5.74) is -0.131. The molecule has 0 saturated carbocycles. The van der Waals surface area contributed by atoms with Crippen molar-refractivity contribution in [2.24, 2.45) is 0 Å². The number of phenols is 2. The predicted molar refractivity (Wildman–Crippen MR) is 67.6 cm³/mol. The number of carboxylic acids is 1. The van der Waals surface area contributed by atoms with Crippen LogP contribution in [0.5, 0.6) is 11.5 Å². The number of aliphatic carboxylic acids is 1. The summed E-state index contributed by atoms with van der Waals surface area (Å²) in [6.07, 6.45) is -0.170. The molecule has 0 bridgehead atoms. The molecule has 0 aliphatic carbocycles. The third kappa shape index (κ3) is 2.53. The lowest BCUT2D eigenvalue weighted by Crippen LogP contribution is -2.40. The van der Waals surface area contributed by atoms with Gasteiger partial charge in [0.1, 0.15) is 17.5 Å². The smallest absolute Gasteiger partial charge is 0.326 e. The van der Waals surface area contributed by atoms with Gasteiger partial charge in [0, 0.05) is 20.1 Å². The van der Waals surface area contributed by atoms with E-state index in [2.05, 4.69) is 0 Å². The van der Waals surface area contributed by atoms with E-state index in [0.29, 0.717) is 0 Å². The lowest BCUT2D eigenvalue weighted by Gasteiger charge is -2.21. The maximum Gasteiger partial charge on any atom is 0.326 e. The zero-order valence-electron chi connectivity index (χ0n) is 10.8. The quantitative estimate of drug-likeness (QED) is 0.693. The summed E-state index contributed by atoms with van der Waals surface area (Å²) < 4.78 is 5.09. The molecular weight excluding hydrogens is 266 g/mol. The molecule has 2 atom stereocenters. The fourth-order valence-corrected chi connectivity index (χ4v) is 2.28. The molecule has 7 nitrogen and oxygen atoms in total. The Morgan fingerprint density at radius 3 is 2.65 bits per heavy atom. The minimum Gasteiger partial charge on any atom is -0.508 e. The van der Waals surface area contributed by atoms with E-state index in [1.54, 1.807) is 0 Å². The van der Waals surface area contributed by atoms with Gasteiger partial charge in [-0.15, -0.1) is 0 Å². The Morgan fingerprint density at radius 2 is 2.05 bits per heavy atom. The lowest BCUT2D eigenvalue weighted by molar-refractivity contribution is -0.141. The Kier molecular flexibility index (Phi) is 3.80. The Hall–Kier alpha value is -2.28.